The van der Waals surface area contributed by atoms with Crippen LogP contribution in [0.5, 0.6) is 0 Å². The number of carbonyl (C=O) groups is 1. The van der Waals surface area contributed by atoms with E-state index in [-0.39, 0.29) is 12.4 Å². The number of ketones is 1. The van der Waals surface area contributed by atoms with Crippen molar-refractivity contribution < 1.29 is 9.90 Å². The molecule has 0 fully saturated rings. The van der Waals surface area contributed by atoms with Gasteiger partial charge in [-0.2, -0.15) is 0 Å². The lowest BCUT2D eigenvalue weighted by atomic mass is 10.1. The van der Waals surface area contributed by atoms with Gasteiger partial charge >= 0.3 is 0 Å². The summed E-state index contributed by atoms with van der Waals surface area (Å²) in [6.07, 6.45) is 0. The normalized spacial score (nSPS) is 12.6. The maximum atomic E-state index is 11.5. The number of alkyl halides is 1. The molecule has 0 aliphatic carbocycles. The molecule has 0 aliphatic heterocycles. The number of benzene rings is 1. The molecule has 1 aromatic carbocycles. The van der Waals surface area contributed by atoms with E-state index in [1.807, 2.05) is 0 Å². The molecule has 76 valence electrons. The Kier molecular flexibility index (Phi) is 4.11. The maximum absolute atomic E-state index is 11.5. The zero-order valence-corrected chi connectivity index (χ0v) is 9.97. The van der Waals surface area contributed by atoms with Crippen molar-refractivity contribution in [3.63, 3.8) is 0 Å². The van der Waals surface area contributed by atoms with E-state index in [2.05, 4.69) is 15.9 Å². The van der Waals surface area contributed by atoms with Crippen molar-refractivity contribution in [1.82, 2.24) is 0 Å². The Morgan fingerprint density at radius 2 is 2.21 bits per heavy atom. The third kappa shape index (κ3) is 2.80. The first-order valence-electron chi connectivity index (χ1n) is 4.13. The average molecular weight is 278 g/mol. The van der Waals surface area contributed by atoms with Gasteiger partial charge in [0, 0.05) is 10.0 Å². The first-order valence-corrected chi connectivity index (χ1v) is 5.36. The van der Waals surface area contributed by atoms with Gasteiger partial charge in [-0.25, -0.2) is 0 Å². The summed E-state index contributed by atoms with van der Waals surface area (Å²) in [5.41, 5.74) is 1.21. The fourth-order valence-corrected chi connectivity index (χ4v) is 1.78. The monoisotopic (exact) mass is 276 g/mol. The van der Waals surface area contributed by atoms with Crippen molar-refractivity contribution in [2.24, 2.45) is 0 Å². The van der Waals surface area contributed by atoms with E-state index in [0.29, 0.717) is 11.1 Å². The molecule has 1 aromatic rings. The highest BCUT2D eigenvalue weighted by Crippen LogP contribution is 2.18. The van der Waals surface area contributed by atoms with Gasteiger partial charge in [-0.1, -0.05) is 15.9 Å². The Bertz CT molecular complexity index is 350. The molecule has 0 bridgehead atoms. The number of rotatable bonds is 3. The minimum absolute atomic E-state index is 0.0869. The molecule has 0 saturated carbocycles. The fourth-order valence-electron chi connectivity index (χ4n) is 1.11. The highest BCUT2D eigenvalue weighted by molar-refractivity contribution is 9.10. The molecule has 0 heterocycles. The van der Waals surface area contributed by atoms with E-state index in [1.165, 1.54) is 0 Å². The molecule has 2 nitrogen and oxygen atoms in total. The van der Waals surface area contributed by atoms with Crippen LogP contribution < -0.4 is 0 Å². The van der Waals surface area contributed by atoms with Gasteiger partial charge in [0.15, 0.2) is 5.78 Å². The summed E-state index contributed by atoms with van der Waals surface area (Å²) in [6.45, 7) is 1.54. The van der Waals surface area contributed by atoms with E-state index in [1.54, 1.807) is 25.1 Å². The van der Waals surface area contributed by atoms with Gasteiger partial charge in [0.25, 0.3) is 0 Å². The fraction of sp³-hybridized carbons (Fsp3) is 0.300. The summed E-state index contributed by atoms with van der Waals surface area (Å²) in [5.74, 6) is -0.136. The van der Waals surface area contributed by atoms with Crippen LogP contribution in [0.1, 0.15) is 22.8 Å². The van der Waals surface area contributed by atoms with Crippen molar-refractivity contribution in [2.45, 2.75) is 18.9 Å². The summed E-state index contributed by atoms with van der Waals surface area (Å²) in [4.78, 5) is 11.5. The quantitative estimate of drug-likeness (QED) is 0.681. The van der Waals surface area contributed by atoms with E-state index in [4.69, 9.17) is 16.7 Å². The van der Waals surface area contributed by atoms with Crippen LogP contribution in [0.2, 0.25) is 0 Å². The second kappa shape index (κ2) is 4.91. The zero-order valence-electron chi connectivity index (χ0n) is 7.63. The van der Waals surface area contributed by atoms with Crippen LogP contribution in [0.3, 0.4) is 0 Å². The van der Waals surface area contributed by atoms with Gasteiger partial charge in [0.2, 0.25) is 0 Å². The Morgan fingerprint density at radius 1 is 1.57 bits per heavy atom. The lowest BCUT2D eigenvalue weighted by molar-refractivity contribution is 0.0991. The van der Waals surface area contributed by atoms with Crippen LogP contribution in [0.15, 0.2) is 22.7 Å². The summed E-state index contributed by atoms with van der Waals surface area (Å²) < 4.78 is 0.768. The number of halogens is 2. The lowest BCUT2D eigenvalue weighted by Gasteiger charge is -2.05. The van der Waals surface area contributed by atoms with Crippen molar-refractivity contribution in [3.05, 3.63) is 33.8 Å². The molecule has 0 saturated heterocycles. The zero-order chi connectivity index (χ0) is 10.7. The van der Waals surface area contributed by atoms with Crippen LogP contribution >= 0.6 is 27.5 Å². The van der Waals surface area contributed by atoms with Gasteiger partial charge < -0.3 is 5.11 Å². The summed E-state index contributed by atoms with van der Waals surface area (Å²) in [7, 11) is 0. The molecule has 0 spiro atoms. The molecule has 0 aromatic heterocycles. The van der Waals surface area contributed by atoms with Gasteiger partial charge in [0.05, 0.1) is 12.0 Å². The predicted molar refractivity (Wildman–Crippen MR) is 59.7 cm³/mol. The van der Waals surface area contributed by atoms with Crippen LogP contribution in [0.25, 0.3) is 0 Å². The highest BCUT2D eigenvalue weighted by Gasteiger charge is 2.13. The van der Waals surface area contributed by atoms with E-state index < -0.39 is 5.38 Å². The molecule has 1 atom stereocenters. The maximum Gasteiger partial charge on any atom is 0.180 e. The Hall–Kier alpha value is -0.380. The molecule has 1 N–H and O–H groups in total. The largest absolute Gasteiger partial charge is 0.392 e. The Labute approximate surface area is 96.0 Å². The highest BCUT2D eigenvalue weighted by atomic mass is 79.9. The second-order valence-electron chi connectivity index (χ2n) is 2.99. The second-order valence-corrected chi connectivity index (χ2v) is 4.56. The number of aliphatic hydroxyl groups is 1. The average Bonchev–Trinajstić information content (AvgIpc) is 2.15. The van der Waals surface area contributed by atoms with Crippen LogP contribution in [-0.4, -0.2) is 16.3 Å². The standard InChI is InChI=1S/C10H10BrClO2/c1-6(12)10(14)8-2-7(5-13)3-9(11)4-8/h2-4,6,13H,5H2,1H3. The Morgan fingerprint density at radius 3 is 2.71 bits per heavy atom. The molecule has 4 heteroatoms. The topological polar surface area (TPSA) is 37.3 Å². The van der Waals surface area contributed by atoms with Gasteiger partial charge in [-0.3, -0.25) is 4.79 Å². The minimum atomic E-state index is -0.546. The number of aliphatic hydroxyl groups excluding tert-OH is 1. The molecule has 0 amide bonds. The van der Waals surface area contributed by atoms with E-state index in [0.717, 1.165) is 4.47 Å². The lowest BCUT2D eigenvalue weighted by Crippen LogP contribution is -2.10. The predicted octanol–water partition coefficient (Wildman–Crippen LogP) is 2.75. The molecule has 1 unspecified atom stereocenters. The number of hydrogen-bond acceptors (Lipinski definition) is 2. The number of carbonyl (C=O) groups excluding carboxylic acids is 1. The van der Waals surface area contributed by atoms with Crippen LogP contribution in [0.4, 0.5) is 0 Å². The first kappa shape index (κ1) is 11.7. The summed E-state index contributed by atoms with van der Waals surface area (Å²) in [6, 6.07) is 5.10. The van der Waals surface area contributed by atoms with E-state index >= 15 is 0 Å². The van der Waals surface area contributed by atoms with Crippen molar-refractivity contribution >= 4 is 33.3 Å². The van der Waals surface area contributed by atoms with Gasteiger partial charge in [-0.05, 0) is 30.7 Å². The molecule has 0 aliphatic rings. The number of hydrogen-bond donors (Lipinski definition) is 1. The molecule has 0 radical (unpaired) electrons. The third-order valence-electron chi connectivity index (χ3n) is 1.79. The summed E-state index contributed by atoms with van der Waals surface area (Å²) in [5, 5.41) is 8.40. The SMILES string of the molecule is CC(Cl)C(=O)c1cc(Br)cc(CO)c1. The van der Waals surface area contributed by atoms with Crippen LogP contribution in [0, 0.1) is 0 Å². The third-order valence-corrected chi connectivity index (χ3v) is 2.44. The van der Waals surface area contributed by atoms with Crippen molar-refractivity contribution in [2.75, 3.05) is 0 Å². The molecule has 1 rings (SSSR count). The minimum Gasteiger partial charge on any atom is -0.392 e. The van der Waals surface area contributed by atoms with Crippen molar-refractivity contribution in [1.29, 1.82) is 0 Å². The Balaban J connectivity index is 3.09. The van der Waals surface area contributed by atoms with Gasteiger partial charge in [-0.15, -0.1) is 11.6 Å². The molecule has 14 heavy (non-hydrogen) atoms. The van der Waals surface area contributed by atoms with Crippen LogP contribution in [-0.2, 0) is 6.61 Å². The van der Waals surface area contributed by atoms with Gasteiger partial charge in [0.1, 0.15) is 0 Å². The summed E-state index contributed by atoms with van der Waals surface area (Å²) >= 11 is 8.95. The number of Topliss-reactive ketones (excluding diaryl/α,β-unsaturated/α-hetero) is 1. The van der Waals surface area contributed by atoms with E-state index in [9.17, 15) is 4.79 Å². The molecular formula is C10H10BrClO2. The van der Waals surface area contributed by atoms with Crippen molar-refractivity contribution in [3.8, 4) is 0 Å². The first-order chi connectivity index (χ1) is 6.54. The molecular weight excluding hydrogens is 267 g/mol. The smallest absolute Gasteiger partial charge is 0.180 e.